The molecule has 1 aliphatic rings. The van der Waals surface area contributed by atoms with Gasteiger partial charge in [0.25, 0.3) is 0 Å². The molecule has 0 radical (unpaired) electrons. The smallest absolute Gasteiger partial charge is 0.218 e. The molecule has 4 nitrogen and oxygen atoms in total. The third-order valence-electron chi connectivity index (χ3n) is 3.72. The zero-order valence-corrected chi connectivity index (χ0v) is 11.9. The third-order valence-corrected chi connectivity index (χ3v) is 3.72. The second-order valence-electron chi connectivity index (χ2n) is 5.13. The lowest BCUT2D eigenvalue weighted by molar-refractivity contribution is 0.395. The van der Waals surface area contributed by atoms with E-state index in [-0.39, 0.29) is 0 Å². The molecule has 0 bridgehead atoms. The SMILES string of the molecule is COc1cc(NC2CCCc3ccccc32)nc(C)n1. The fourth-order valence-electron chi connectivity index (χ4n) is 2.80. The van der Waals surface area contributed by atoms with Crippen molar-refractivity contribution < 1.29 is 4.74 Å². The number of aromatic nitrogens is 2. The second-order valence-corrected chi connectivity index (χ2v) is 5.13. The van der Waals surface area contributed by atoms with Crippen molar-refractivity contribution in [1.29, 1.82) is 0 Å². The van der Waals surface area contributed by atoms with Crippen LogP contribution < -0.4 is 10.1 Å². The highest BCUT2D eigenvalue weighted by Crippen LogP contribution is 2.32. The molecular formula is C16H19N3O. The van der Waals surface area contributed by atoms with Crippen molar-refractivity contribution in [3.63, 3.8) is 0 Å². The molecule has 2 aromatic rings. The number of rotatable bonds is 3. The summed E-state index contributed by atoms with van der Waals surface area (Å²) in [5, 5.41) is 3.52. The van der Waals surface area contributed by atoms with Crippen LogP contribution in [-0.2, 0) is 6.42 Å². The van der Waals surface area contributed by atoms with Crippen LogP contribution in [0, 0.1) is 6.92 Å². The summed E-state index contributed by atoms with van der Waals surface area (Å²) in [5.41, 5.74) is 2.82. The zero-order valence-electron chi connectivity index (χ0n) is 11.9. The number of hydrogen-bond donors (Lipinski definition) is 1. The fourth-order valence-corrected chi connectivity index (χ4v) is 2.80. The van der Waals surface area contributed by atoms with Crippen LogP contribution in [0.3, 0.4) is 0 Å². The number of anilines is 1. The van der Waals surface area contributed by atoms with Crippen molar-refractivity contribution in [1.82, 2.24) is 9.97 Å². The molecule has 0 spiro atoms. The first kappa shape index (κ1) is 12.9. The van der Waals surface area contributed by atoms with Crippen molar-refractivity contribution >= 4 is 5.82 Å². The molecule has 0 saturated carbocycles. The van der Waals surface area contributed by atoms with Gasteiger partial charge in [-0.3, -0.25) is 0 Å². The molecule has 4 heteroatoms. The Labute approximate surface area is 119 Å². The average molecular weight is 269 g/mol. The van der Waals surface area contributed by atoms with Crippen molar-refractivity contribution in [3.05, 3.63) is 47.3 Å². The third kappa shape index (κ3) is 2.59. The summed E-state index contributed by atoms with van der Waals surface area (Å²) < 4.78 is 5.20. The van der Waals surface area contributed by atoms with Gasteiger partial charge in [0.1, 0.15) is 11.6 Å². The van der Waals surface area contributed by atoms with Crippen molar-refractivity contribution in [2.45, 2.75) is 32.2 Å². The Morgan fingerprint density at radius 2 is 2.10 bits per heavy atom. The molecule has 0 fully saturated rings. The van der Waals surface area contributed by atoms with Gasteiger partial charge >= 0.3 is 0 Å². The van der Waals surface area contributed by atoms with Gasteiger partial charge < -0.3 is 10.1 Å². The minimum Gasteiger partial charge on any atom is -0.481 e. The van der Waals surface area contributed by atoms with E-state index < -0.39 is 0 Å². The molecule has 1 aromatic carbocycles. The lowest BCUT2D eigenvalue weighted by atomic mass is 9.88. The highest BCUT2D eigenvalue weighted by Gasteiger charge is 2.20. The first-order chi connectivity index (χ1) is 9.76. The van der Waals surface area contributed by atoms with Crippen LogP contribution in [0.4, 0.5) is 5.82 Å². The van der Waals surface area contributed by atoms with Gasteiger partial charge in [-0.05, 0) is 37.3 Å². The Morgan fingerprint density at radius 3 is 2.95 bits per heavy atom. The topological polar surface area (TPSA) is 47.0 Å². The lowest BCUT2D eigenvalue weighted by Gasteiger charge is -2.26. The van der Waals surface area contributed by atoms with Crippen LogP contribution in [0.25, 0.3) is 0 Å². The summed E-state index contributed by atoms with van der Waals surface area (Å²) in [5.74, 6) is 2.15. The van der Waals surface area contributed by atoms with E-state index in [9.17, 15) is 0 Å². The normalized spacial score (nSPS) is 17.4. The highest BCUT2D eigenvalue weighted by molar-refractivity contribution is 5.44. The summed E-state index contributed by atoms with van der Waals surface area (Å²) in [6.07, 6.45) is 3.50. The van der Waals surface area contributed by atoms with E-state index in [4.69, 9.17) is 4.74 Å². The Kier molecular flexibility index (Phi) is 3.54. The maximum Gasteiger partial charge on any atom is 0.218 e. The second kappa shape index (κ2) is 5.49. The number of fused-ring (bicyclic) bond motifs is 1. The zero-order chi connectivity index (χ0) is 13.9. The average Bonchev–Trinajstić information content (AvgIpc) is 2.47. The number of nitrogens with one attached hydrogen (secondary N) is 1. The van der Waals surface area contributed by atoms with Gasteiger partial charge in [-0.1, -0.05) is 24.3 Å². The summed E-state index contributed by atoms with van der Waals surface area (Å²) in [7, 11) is 1.63. The Bertz CT molecular complexity index is 612. The van der Waals surface area contributed by atoms with Crippen molar-refractivity contribution in [2.75, 3.05) is 12.4 Å². The number of ether oxygens (including phenoxy) is 1. The Morgan fingerprint density at radius 1 is 1.25 bits per heavy atom. The number of benzene rings is 1. The minimum atomic E-state index is 0.318. The van der Waals surface area contributed by atoms with Gasteiger partial charge in [-0.25, -0.2) is 4.98 Å². The number of methoxy groups -OCH3 is 1. The van der Waals surface area contributed by atoms with Crippen LogP contribution in [0.1, 0.15) is 35.8 Å². The predicted octanol–water partition coefficient (Wildman–Crippen LogP) is 3.28. The van der Waals surface area contributed by atoms with Crippen molar-refractivity contribution in [2.24, 2.45) is 0 Å². The van der Waals surface area contributed by atoms with E-state index in [1.165, 1.54) is 24.0 Å². The standard InChI is InChI=1S/C16H19N3O/c1-11-17-15(10-16(18-11)20-2)19-14-9-5-7-12-6-3-4-8-13(12)14/h3-4,6,8,10,14H,5,7,9H2,1-2H3,(H,17,18,19). The number of hydrogen-bond acceptors (Lipinski definition) is 4. The van der Waals surface area contributed by atoms with Gasteiger partial charge in [0, 0.05) is 6.07 Å². The van der Waals surface area contributed by atoms with Gasteiger partial charge in [-0.2, -0.15) is 4.98 Å². The van der Waals surface area contributed by atoms with Gasteiger partial charge in [-0.15, -0.1) is 0 Å². The number of nitrogens with zero attached hydrogens (tertiary/aromatic N) is 2. The minimum absolute atomic E-state index is 0.318. The Balaban J connectivity index is 1.87. The molecule has 0 saturated heterocycles. The van der Waals surface area contributed by atoms with Crippen LogP contribution in [-0.4, -0.2) is 17.1 Å². The fraction of sp³-hybridized carbons (Fsp3) is 0.375. The van der Waals surface area contributed by atoms with Crippen LogP contribution in [0.2, 0.25) is 0 Å². The van der Waals surface area contributed by atoms with Gasteiger partial charge in [0.2, 0.25) is 5.88 Å². The van der Waals surface area contributed by atoms with E-state index >= 15 is 0 Å². The first-order valence-corrected chi connectivity index (χ1v) is 7.00. The van der Waals surface area contributed by atoms with Crippen LogP contribution >= 0.6 is 0 Å². The molecule has 0 aliphatic heterocycles. The maximum atomic E-state index is 5.20. The summed E-state index contributed by atoms with van der Waals surface area (Å²) in [6, 6.07) is 10.8. The van der Waals surface area contributed by atoms with Crippen molar-refractivity contribution in [3.8, 4) is 5.88 Å². The summed E-state index contributed by atoms with van der Waals surface area (Å²) in [6.45, 7) is 1.88. The predicted molar refractivity (Wildman–Crippen MR) is 79.1 cm³/mol. The molecule has 0 amide bonds. The van der Waals surface area contributed by atoms with E-state index in [1.807, 2.05) is 13.0 Å². The molecule has 1 atom stereocenters. The molecule has 1 aromatic heterocycles. The van der Waals surface area contributed by atoms with E-state index in [1.54, 1.807) is 7.11 Å². The molecular weight excluding hydrogens is 250 g/mol. The summed E-state index contributed by atoms with van der Waals surface area (Å²) >= 11 is 0. The summed E-state index contributed by atoms with van der Waals surface area (Å²) in [4.78, 5) is 8.66. The maximum absolute atomic E-state index is 5.20. The molecule has 1 N–H and O–H groups in total. The van der Waals surface area contributed by atoms with Gasteiger partial charge in [0.05, 0.1) is 13.2 Å². The van der Waals surface area contributed by atoms with E-state index in [2.05, 4.69) is 39.6 Å². The Hall–Kier alpha value is -2.10. The largest absolute Gasteiger partial charge is 0.481 e. The van der Waals surface area contributed by atoms with E-state index in [0.29, 0.717) is 11.9 Å². The molecule has 20 heavy (non-hydrogen) atoms. The quantitative estimate of drug-likeness (QED) is 0.929. The molecule has 104 valence electrons. The van der Waals surface area contributed by atoms with Crippen LogP contribution in [0.5, 0.6) is 5.88 Å². The first-order valence-electron chi connectivity index (χ1n) is 7.00. The van der Waals surface area contributed by atoms with E-state index in [0.717, 1.165) is 18.1 Å². The molecule has 1 unspecified atom stereocenters. The van der Waals surface area contributed by atoms with Gasteiger partial charge in [0.15, 0.2) is 0 Å². The molecule has 1 aliphatic carbocycles. The monoisotopic (exact) mass is 269 g/mol. The highest BCUT2D eigenvalue weighted by atomic mass is 16.5. The molecule has 1 heterocycles. The molecule has 3 rings (SSSR count). The number of aryl methyl sites for hydroxylation is 2. The van der Waals surface area contributed by atoms with Crippen LogP contribution in [0.15, 0.2) is 30.3 Å². The lowest BCUT2D eigenvalue weighted by Crippen LogP contribution is -2.18.